The quantitative estimate of drug-likeness (QED) is 0.839. The van der Waals surface area contributed by atoms with E-state index < -0.39 is 21.7 Å². The summed E-state index contributed by atoms with van der Waals surface area (Å²) in [4.78, 5) is 13.2. The zero-order valence-corrected chi connectivity index (χ0v) is 16.9. The van der Waals surface area contributed by atoms with Gasteiger partial charge in [-0.2, -0.15) is 17.0 Å². The van der Waals surface area contributed by atoms with E-state index in [0.29, 0.717) is 25.8 Å². The lowest BCUT2D eigenvalue weighted by atomic mass is 9.73. The van der Waals surface area contributed by atoms with Crippen LogP contribution in [0, 0.1) is 0 Å². The van der Waals surface area contributed by atoms with Gasteiger partial charge in [0.1, 0.15) is 0 Å². The first-order valence-electron chi connectivity index (χ1n) is 9.51. The molecule has 4 rings (SSSR count). The monoisotopic (exact) mass is 399 g/mol. The van der Waals surface area contributed by atoms with Crippen molar-refractivity contribution in [1.82, 2.24) is 8.61 Å². The number of para-hydroxylation sites is 1. The standard InChI is InChI=1S/C21H25N3O3S/c1-23(2)28(26,27)24-15-14-21(17-10-6-7-11-18(17)22-20(21)25)19(24)13-12-16-8-4-3-5-9-16/h3-11,19H,12-15H2,1-2H3,(H,22,25)/t19-,21+/m0/s1. The molecule has 0 aliphatic carbocycles. The van der Waals surface area contributed by atoms with E-state index in [2.05, 4.69) is 5.32 Å². The van der Waals surface area contributed by atoms with Gasteiger partial charge in [0.2, 0.25) is 5.91 Å². The Balaban J connectivity index is 1.77. The number of nitrogens with zero attached hydrogens (tertiary/aromatic N) is 2. The zero-order valence-electron chi connectivity index (χ0n) is 16.1. The van der Waals surface area contributed by atoms with Crippen LogP contribution in [0.25, 0.3) is 0 Å². The number of nitrogens with one attached hydrogen (secondary N) is 1. The van der Waals surface area contributed by atoms with Crippen LogP contribution in [-0.2, 0) is 26.8 Å². The molecule has 6 nitrogen and oxygen atoms in total. The molecular weight excluding hydrogens is 374 g/mol. The van der Waals surface area contributed by atoms with Crippen molar-refractivity contribution < 1.29 is 13.2 Å². The number of carbonyl (C=O) groups is 1. The number of benzene rings is 2. The van der Waals surface area contributed by atoms with Crippen LogP contribution in [0.15, 0.2) is 54.6 Å². The van der Waals surface area contributed by atoms with E-state index in [1.54, 1.807) is 0 Å². The molecule has 0 aromatic heterocycles. The van der Waals surface area contributed by atoms with Gasteiger partial charge in [-0.25, -0.2) is 0 Å². The highest BCUT2D eigenvalue weighted by molar-refractivity contribution is 7.86. The summed E-state index contributed by atoms with van der Waals surface area (Å²) in [6, 6.07) is 17.2. The third kappa shape index (κ3) is 2.85. The average Bonchev–Trinajstić information content (AvgIpc) is 3.21. The van der Waals surface area contributed by atoms with E-state index in [-0.39, 0.29) is 5.91 Å². The highest BCUT2D eigenvalue weighted by Gasteiger charge is 2.59. The Morgan fingerprint density at radius 1 is 1.11 bits per heavy atom. The Bertz CT molecular complexity index is 991. The van der Waals surface area contributed by atoms with Crippen molar-refractivity contribution in [3.8, 4) is 0 Å². The molecule has 0 radical (unpaired) electrons. The number of hydrogen-bond acceptors (Lipinski definition) is 3. The number of anilines is 1. The van der Waals surface area contributed by atoms with Crippen LogP contribution in [0.4, 0.5) is 5.69 Å². The van der Waals surface area contributed by atoms with Crippen LogP contribution in [0.1, 0.15) is 24.0 Å². The second kappa shape index (κ2) is 6.99. The van der Waals surface area contributed by atoms with Gasteiger partial charge in [0, 0.05) is 32.4 Å². The van der Waals surface area contributed by atoms with Gasteiger partial charge in [0.05, 0.1) is 5.41 Å². The number of hydrogen-bond donors (Lipinski definition) is 1. The molecule has 148 valence electrons. The third-order valence-electron chi connectivity index (χ3n) is 6.01. The minimum Gasteiger partial charge on any atom is -0.325 e. The van der Waals surface area contributed by atoms with E-state index in [0.717, 1.165) is 16.8 Å². The molecule has 2 heterocycles. The average molecular weight is 400 g/mol. The van der Waals surface area contributed by atoms with E-state index >= 15 is 0 Å². The van der Waals surface area contributed by atoms with Gasteiger partial charge in [-0.05, 0) is 36.5 Å². The first kappa shape index (κ1) is 19.1. The molecule has 1 fully saturated rings. The molecule has 0 saturated carbocycles. The smallest absolute Gasteiger partial charge is 0.281 e. The maximum atomic E-state index is 13.2. The van der Waals surface area contributed by atoms with Gasteiger partial charge in [-0.15, -0.1) is 0 Å². The Labute approximate surface area is 166 Å². The Hall–Kier alpha value is -2.22. The van der Waals surface area contributed by atoms with Crippen molar-refractivity contribution in [2.24, 2.45) is 0 Å². The van der Waals surface area contributed by atoms with Crippen LogP contribution < -0.4 is 5.32 Å². The summed E-state index contributed by atoms with van der Waals surface area (Å²) in [7, 11) is -0.555. The van der Waals surface area contributed by atoms with Crippen molar-refractivity contribution in [1.29, 1.82) is 0 Å². The lowest BCUT2D eigenvalue weighted by molar-refractivity contribution is -0.121. The molecular formula is C21H25N3O3S. The molecule has 0 unspecified atom stereocenters. The van der Waals surface area contributed by atoms with Crippen molar-refractivity contribution in [2.75, 3.05) is 26.0 Å². The molecule has 2 aliphatic heterocycles. The number of carbonyl (C=O) groups excluding carboxylic acids is 1. The summed E-state index contributed by atoms with van der Waals surface area (Å²) in [5, 5.41) is 2.99. The highest BCUT2D eigenvalue weighted by Crippen LogP contribution is 2.50. The Kier molecular flexibility index (Phi) is 4.77. The number of fused-ring (bicyclic) bond motifs is 2. The fraction of sp³-hybridized carbons (Fsp3) is 0.381. The first-order valence-corrected chi connectivity index (χ1v) is 10.9. The van der Waals surface area contributed by atoms with Crippen LogP contribution in [0.5, 0.6) is 0 Å². The molecule has 1 saturated heterocycles. The zero-order chi connectivity index (χ0) is 19.9. The summed E-state index contributed by atoms with van der Waals surface area (Å²) < 4.78 is 28.8. The summed E-state index contributed by atoms with van der Waals surface area (Å²) in [5.74, 6) is -0.0942. The predicted octanol–water partition coefficient (Wildman–Crippen LogP) is 2.39. The summed E-state index contributed by atoms with van der Waals surface area (Å²) in [5.41, 5.74) is 2.00. The molecule has 2 aliphatic rings. The molecule has 2 atom stereocenters. The Morgan fingerprint density at radius 3 is 2.50 bits per heavy atom. The Morgan fingerprint density at radius 2 is 1.79 bits per heavy atom. The molecule has 0 bridgehead atoms. The molecule has 2 aromatic carbocycles. The first-order chi connectivity index (χ1) is 13.4. The minimum atomic E-state index is -3.63. The van der Waals surface area contributed by atoms with Crippen molar-refractivity contribution in [3.05, 3.63) is 65.7 Å². The van der Waals surface area contributed by atoms with Crippen molar-refractivity contribution in [2.45, 2.75) is 30.7 Å². The second-order valence-corrected chi connectivity index (χ2v) is 9.76. The van der Waals surface area contributed by atoms with Gasteiger partial charge < -0.3 is 5.32 Å². The van der Waals surface area contributed by atoms with Crippen LogP contribution in [-0.4, -0.2) is 49.6 Å². The SMILES string of the molecule is CN(C)S(=O)(=O)N1CC[C@]2(C(=O)Nc3ccccc32)[C@@H]1CCc1ccccc1. The predicted molar refractivity (Wildman–Crippen MR) is 109 cm³/mol. The van der Waals surface area contributed by atoms with Gasteiger partial charge in [-0.1, -0.05) is 48.5 Å². The van der Waals surface area contributed by atoms with Crippen molar-refractivity contribution >= 4 is 21.8 Å². The summed E-state index contributed by atoms with van der Waals surface area (Å²) in [6.45, 7) is 0.335. The van der Waals surface area contributed by atoms with E-state index in [9.17, 15) is 13.2 Å². The topological polar surface area (TPSA) is 69.7 Å². The van der Waals surface area contributed by atoms with Gasteiger partial charge in [0.15, 0.2) is 0 Å². The van der Waals surface area contributed by atoms with Crippen LogP contribution in [0.2, 0.25) is 0 Å². The minimum absolute atomic E-state index is 0.0942. The van der Waals surface area contributed by atoms with Gasteiger partial charge in [0.25, 0.3) is 10.2 Å². The maximum Gasteiger partial charge on any atom is 0.281 e. The number of amides is 1. The van der Waals surface area contributed by atoms with E-state index in [1.165, 1.54) is 22.7 Å². The second-order valence-electron chi connectivity index (χ2n) is 7.66. The fourth-order valence-electron chi connectivity index (χ4n) is 4.60. The molecule has 28 heavy (non-hydrogen) atoms. The molecule has 7 heteroatoms. The molecule has 1 amide bonds. The third-order valence-corrected chi connectivity index (χ3v) is 7.96. The number of aryl methyl sites for hydroxylation is 1. The molecule has 1 spiro atoms. The lowest BCUT2D eigenvalue weighted by Gasteiger charge is -2.34. The van der Waals surface area contributed by atoms with Crippen LogP contribution >= 0.6 is 0 Å². The van der Waals surface area contributed by atoms with Crippen molar-refractivity contribution in [3.63, 3.8) is 0 Å². The van der Waals surface area contributed by atoms with Crippen LogP contribution in [0.3, 0.4) is 0 Å². The van der Waals surface area contributed by atoms with E-state index in [1.807, 2.05) is 54.6 Å². The maximum absolute atomic E-state index is 13.2. The molecule has 1 N–H and O–H groups in total. The summed E-state index contributed by atoms with van der Waals surface area (Å²) in [6.07, 6.45) is 1.78. The fourth-order valence-corrected chi connectivity index (χ4v) is 5.94. The normalized spacial score (nSPS) is 24.7. The van der Waals surface area contributed by atoms with Gasteiger partial charge in [-0.3, -0.25) is 4.79 Å². The number of rotatable bonds is 5. The summed E-state index contributed by atoms with van der Waals surface area (Å²) >= 11 is 0. The molecule has 2 aromatic rings. The highest BCUT2D eigenvalue weighted by atomic mass is 32.2. The van der Waals surface area contributed by atoms with E-state index in [4.69, 9.17) is 0 Å². The largest absolute Gasteiger partial charge is 0.325 e. The van der Waals surface area contributed by atoms with Gasteiger partial charge >= 0.3 is 0 Å². The lowest BCUT2D eigenvalue weighted by Crippen LogP contribution is -2.51.